The number of rotatable bonds is 5. The van der Waals surface area contributed by atoms with Crippen molar-refractivity contribution in [1.29, 1.82) is 0 Å². The molecule has 226 valence electrons. The summed E-state index contributed by atoms with van der Waals surface area (Å²) in [7, 11) is 0. The van der Waals surface area contributed by atoms with Gasteiger partial charge < -0.3 is 14.7 Å². The average molecular weight is 607 g/mol. The zero-order valence-corrected chi connectivity index (χ0v) is 21.6. The molecule has 1 aliphatic heterocycles. The zero-order valence-electron chi connectivity index (χ0n) is 21.6. The predicted octanol–water partition coefficient (Wildman–Crippen LogP) is 6.34. The molecule has 42 heavy (non-hydrogen) atoms. The first-order chi connectivity index (χ1) is 19.4. The zero-order chi connectivity index (χ0) is 31.1. The largest absolute Gasteiger partial charge is 0.472 e. The maximum absolute atomic E-state index is 13.7. The maximum atomic E-state index is 13.7. The normalized spacial score (nSPS) is 17.3. The molecule has 0 fully saturated rings. The summed E-state index contributed by atoms with van der Waals surface area (Å²) in [6.45, 7) is 1.22. The van der Waals surface area contributed by atoms with Gasteiger partial charge in [0, 0.05) is 17.3 Å². The molecule has 6 nitrogen and oxygen atoms in total. The van der Waals surface area contributed by atoms with Crippen molar-refractivity contribution in [1.82, 2.24) is 9.97 Å². The van der Waals surface area contributed by atoms with Gasteiger partial charge in [0.15, 0.2) is 5.69 Å². The van der Waals surface area contributed by atoms with Gasteiger partial charge in [-0.15, -0.1) is 0 Å². The minimum absolute atomic E-state index is 0.0389. The summed E-state index contributed by atoms with van der Waals surface area (Å²) in [4.78, 5) is 21.6. The van der Waals surface area contributed by atoms with E-state index in [4.69, 9.17) is 4.74 Å². The van der Waals surface area contributed by atoms with Gasteiger partial charge in [-0.2, -0.15) is 39.5 Å². The number of hydrogen-bond acceptors (Lipinski definition) is 5. The van der Waals surface area contributed by atoms with E-state index in [-0.39, 0.29) is 30.6 Å². The first-order valence-electron chi connectivity index (χ1n) is 12.3. The SMILES string of the molecule is CC(C(=O)N1CC(Oc2cc(C(F)(F)F)ncn2)CCc2cc(C(O)(C(F)(F)F)C(F)(F)F)ccc21)c1ccccc1. The molecular weight excluding hydrogens is 585 g/mol. The third kappa shape index (κ3) is 6.01. The summed E-state index contributed by atoms with van der Waals surface area (Å²) in [5.41, 5.74) is -7.64. The number of aliphatic hydroxyl groups is 1. The van der Waals surface area contributed by atoms with E-state index >= 15 is 0 Å². The van der Waals surface area contributed by atoms with Crippen molar-refractivity contribution in [3.8, 4) is 5.88 Å². The van der Waals surface area contributed by atoms with Gasteiger partial charge in [-0.05, 0) is 37.0 Å². The number of alkyl halides is 9. The van der Waals surface area contributed by atoms with Crippen LogP contribution in [-0.2, 0) is 23.0 Å². The van der Waals surface area contributed by atoms with Crippen LogP contribution in [0.5, 0.6) is 5.88 Å². The van der Waals surface area contributed by atoms with E-state index in [1.165, 1.54) is 0 Å². The number of ether oxygens (including phenoxy) is 1. The minimum atomic E-state index is -6.13. The number of benzene rings is 2. The van der Waals surface area contributed by atoms with E-state index < -0.39 is 59.2 Å². The monoisotopic (exact) mass is 607 g/mol. The molecule has 2 heterocycles. The van der Waals surface area contributed by atoms with Crippen LogP contribution in [0.25, 0.3) is 0 Å². The Kier molecular flexibility index (Phi) is 8.19. The summed E-state index contributed by atoms with van der Waals surface area (Å²) < 4.78 is 126. The van der Waals surface area contributed by atoms with Gasteiger partial charge in [0.1, 0.15) is 12.4 Å². The van der Waals surface area contributed by atoms with Crippen molar-refractivity contribution in [2.75, 3.05) is 11.4 Å². The maximum Gasteiger partial charge on any atom is 0.433 e. The fourth-order valence-corrected chi connectivity index (χ4v) is 4.62. The molecule has 2 unspecified atom stereocenters. The molecule has 0 bridgehead atoms. The molecular formula is C27H22F9N3O3. The highest BCUT2D eigenvalue weighted by Gasteiger charge is 2.71. The first kappa shape index (κ1) is 31.1. The Morgan fingerprint density at radius 2 is 1.60 bits per heavy atom. The lowest BCUT2D eigenvalue weighted by atomic mass is 9.89. The van der Waals surface area contributed by atoms with Crippen molar-refractivity contribution >= 4 is 11.6 Å². The van der Waals surface area contributed by atoms with Crippen LogP contribution in [0.4, 0.5) is 45.2 Å². The first-order valence-corrected chi connectivity index (χ1v) is 12.3. The molecule has 0 saturated carbocycles. The summed E-state index contributed by atoms with van der Waals surface area (Å²) in [6, 6.07) is 10.7. The van der Waals surface area contributed by atoms with Crippen LogP contribution in [0, 0.1) is 0 Å². The molecule has 1 aromatic heterocycles. The van der Waals surface area contributed by atoms with E-state index in [1.807, 2.05) is 0 Å². The summed E-state index contributed by atoms with van der Waals surface area (Å²) in [6.07, 6.45) is -17.9. The van der Waals surface area contributed by atoms with Gasteiger partial charge in [-0.25, -0.2) is 9.97 Å². The molecule has 0 spiro atoms. The lowest BCUT2D eigenvalue weighted by Crippen LogP contribution is -2.54. The topological polar surface area (TPSA) is 75.6 Å². The van der Waals surface area contributed by atoms with Crippen molar-refractivity contribution in [2.24, 2.45) is 0 Å². The number of fused-ring (bicyclic) bond motifs is 1. The second-order valence-electron chi connectivity index (χ2n) is 9.65. The number of aryl methyl sites for hydroxylation is 1. The molecule has 0 radical (unpaired) electrons. The number of carbonyl (C=O) groups is 1. The van der Waals surface area contributed by atoms with Crippen LogP contribution in [0.2, 0.25) is 0 Å². The second-order valence-corrected chi connectivity index (χ2v) is 9.65. The van der Waals surface area contributed by atoms with Crippen molar-refractivity contribution in [2.45, 2.75) is 55.9 Å². The van der Waals surface area contributed by atoms with E-state index in [9.17, 15) is 49.4 Å². The van der Waals surface area contributed by atoms with Gasteiger partial charge in [0.05, 0.1) is 12.5 Å². The Labute approximate surface area is 232 Å². The molecule has 0 saturated heterocycles. The summed E-state index contributed by atoms with van der Waals surface area (Å²) in [5.74, 6) is -1.94. The van der Waals surface area contributed by atoms with Gasteiger partial charge in [0.25, 0.3) is 5.60 Å². The summed E-state index contributed by atoms with van der Waals surface area (Å²) >= 11 is 0. The van der Waals surface area contributed by atoms with Crippen LogP contribution in [0.3, 0.4) is 0 Å². The standard InChI is InChI=1S/C27H22F9N3O3/c1-15(16-5-3-2-4-6-16)23(40)39-13-19(42-22-12-21(25(28,29)30)37-14-38-22)9-7-17-11-18(8-10-20(17)39)24(41,26(31,32)33)27(34,35)36/h2-6,8,10-12,14-15,19,41H,7,9,13H2,1H3. The van der Waals surface area contributed by atoms with Crippen LogP contribution in [-0.4, -0.2) is 46.0 Å². The summed E-state index contributed by atoms with van der Waals surface area (Å²) in [5, 5.41) is 9.92. The quantitative estimate of drug-likeness (QED) is 0.343. The Bertz CT molecular complexity index is 1410. The minimum Gasteiger partial charge on any atom is -0.472 e. The number of anilines is 1. The number of hydrogen-bond donors (Lipinski definition) is 1. The lowest BCUT2D eigenvalue weighted by Gasteiger charge is -2.34. The van der Waals surface area contributed by atoms with E-state index in [2.05, 4.69) is 9.97 Å². The number of nitrogens with zero attached hydrogens (tertiary/aromatic N) is 3. The molecule has 4 rings (SSSR count). The van der Waals surface area contributed by atoms with Crippen LogP contribution in [0.15, 0.2) is 60.9 Å². The molecule has 1 N–H and O–H groups in total. The molecule has 2 aromatic carbocycles. The van der Waals surface area contributed by atoms with Gasteiger partial charge >= 0.3 is 18.5 Å². The number of halogens is 9. The Balaban J connectivity index is 1.76. The highest BCUT2D eigenvalue weighted by atomic mass is 19.4. The fraction of sp³-hybridized carbons (Fsp3) is 0.370. The molecule has 3 aromatic rings. The number of amides is 1. The molecule has 15 heteroatoms. The molecule has 0 aliphatic carbocycles. The second kappa shape index (κ2) is 11.1. The molecule has 1 aliphatic rings. The average Bonchev–Trinajstić information content (AvgIpc) is 3.09. The van der Waals surface area contributed by atoms with Gasteiger partial charge in [-0.1, -0.05) is 42.5 Å². The van der Waals surface area contributed by atoms with E-state index in [0.717, 1.165) is 11.0 Å². The van der Waals surface area contributed by atoms with Crippen molar-refractivity contribution in [3.63, 3.8) is 0 Å². The van der Waals surface area contributed by atoms with Crippen molar-refractivity contribution < 1.29 is 54.2 Å². The Morgan fingerprint density at radius 3 is 2.19 bits per heavy atom. The number of carbonyl (C=O) groups excluding carboxylic acids is 1. The van der Waals surface area contributed by atoms with Crippen LogP contribution >= 0.6 is 0 Å². The third-order valence-corrected chi connectivity index (χ3v) is 6.89. The molecule has 2 atom stereocenters. The van der Waals surface area contributed by atoms with Gasteiger partial charge in [0.2, 0.25) is 11.8 Å². The van der Waals surface area contributed by atoms with Crippen LogP contribution < -0.4 is 9.64 Å². The highest BCUT2D eigenvalue weighted by molar-refractivity contribution is 5.98. The van der Waals surface area contributed by atoms with E-state index in [0.29, 0.717) is 30.1 Å². The fourth-order valence-electron chi connectivity index (χ4n) is 4.62. The van der Waals surface area contributed by atoms with E-state index in [1.54, 1.807) is 37.3 Å². The van der Waals surface area contributed by atoms with Gasteiger partial charge in [-0.3, -0.25) is 4.79 Å². The Hall–Kier alpha value is -3.88. The predicted molar refractivity (Wildman–Crippen MR) is 129 cm³/mol. The third-order valence-electron chi connectivity index (χ3n) is 6.89. The lowest BCUT2D eigenvalue weighted by molar-refractivity contribution is -0.376. The smallest absolute Gasteiger partial charge is 0.433 e. The Morgan fingerprint density at radius 1 is 0.952 bits per heavy atom. The van der Waals surface area contributed by atoms with Crippen LogP contribution in [0.1, 0.15) is 41.6 Å². The molecule has 1 amide bonds. The number of aromatic nitrogens is 2. The highest BCUT2D eigenvalue weighted by Crippen LogP contribution is 2.51. The van der Waals surface area contributed by atoms with Crippen molar-refractivity contribution in [3.05, 3.63) is 83.3 Å².